The average molecular weight is 591 g/mol. The zero-order valence-electron chi connectivity index (χ0n) is 25.7. The fourth-order valence-electron chi connectivity index (χ4n) is 6.95. The van der Waals surface area contributed by atoms with E-state index in [1.54, 1.807) is 0 Å². The molecule has 4 nitrogen and oxygen atoms in total. The lowest BCUT2D eigenvalue weighted by Crippen LogP contribution is -2.31. The first kappa shape index (κ1) is 32.7. The molecular weight excluding hydrogens is 544 g/mol. The second-order valence-corrected chi connectivity index (χ2v) is 12.1. The second kappa shape index (κ2) is 16.6. The normalized spacial score (nSPS) is 11.7. The van der Waals surface area contributed by atoms with Crippen LogP contribution in [-0.4, -0.2) is 22.2 Å². The van der Waals surface area contributed by atoms with Crippen molar-refractivity contribution in [1.29, 1.82) is 0 Å². The molecule has 0 radical (unpaired) electrons. The average Bonchev–Trinajstić information content (AvgIpc) is 3.05. The van der Waals surface area contributed by atoms with Gasteiger partial charge in [-0.15, -0.1) is 0 Å². The minimum Gasteiger partial charge on any atom is -0.481 e. The standard InChI is InChI=1S/C40H46O4/c41-37(42)31-39(33-21-11-7-12-22-33,34-23-13-8-14-24-34)29-19-5-3-1-2-4-6-20-30-40(32-38(43)44,35-25-15-9-16-26-35)36-27-17-10-18-28-36/h7-18,21-28H,1-6,19-20,29-32H2,(H,41,42)(H,43,44). The molecule has 44 heavy (non-hydrogen) atoms. The fraction of sp³-hybridized carbons (Fsp3) is 0.350. The van der Waals surface area contributed by atoms with E-state index < -0.39 is 22.8 Å². The molecule has 4 heteroatoms. The van der Waals surface area contributed by atoms with Gasteiger partial charge in [0.05, 0.1) is 12.8 Å². The summed E-state index contributed by atoms with van der Waals surface area (Å²) in [6.45, 7) is 0. The number of aliphatic carboxylic acids is 2. The van der Waals surface area contributed by atoms with Crippen molar-refractivity contribution in [2.45, 2.75) is 87.9 Å². The molecule has 0 aliphatic carbocycles. The summed E-state index contributed by atoms with van der Waals surface area (Å²) >= 11 is 0. The van der Waals surface area contributed by atoms with E-state index in [1.807, 2.05) is 72.8 Å². The van der Waals surface area contributed by atoms with Crippen molar-refractivity contribution in [3.8, 4) is 0 Å². The van der Waals surface area contributed by atoms with Crippen LogP contribution in [0.1, 0.15) is 99.3 Å². The SMILES string of the molecule is O=C(O)CC(CCCCCCCCCCC(CC(=O)O)(c1ccccc1)c1ccccc1)(c1ccccc1)c1ccccc1. The Balaban J connectivity index is 1.28. The molecule has 4 rings (SSSR count). The maximum absolute atomic E-state index is 12.1. The van der Waals surface area contributed by atoms with E-state index in [9.17, 15) is 19.8 Å². The minimum absolute atomic E-state index is 0.0797. The Bertz CT molecular complexity index is 1210. The molecule has 0 aliphatic heterocycles. The lowest BCUT2D eigenvalue weighted by atomic mass is 9.68. The molecular formula is C40H46O4. The summed E-state index contributed by atoms with van der Waals surface area (Å²) in [5.41, 5.74) is 3.21. The number of carbonyl (C=O) groups is 2. The van der Waals surface area contributed by atoms with Gasteiger partial charge in [-0.05, 0) is 35.1 Å². The molecule has 4 aromatic rings. The maximum Gasteiger partial charge on any atom is 0.304 e. The zero-order valence-corrected chi connectivity index (χ0v) is 25.7. The highest BCUT2D eigenvalue weighted by Gasteiger charge is 2.37. The highest BCUT2D eigenvalue weighted by atomic mass is 16.4. The van der Waals surface area contributed by atoms with Crippen molar-refractivity contribution in [1.82, 2.24) is 0 Å². The number of rotatable bonds is 19. The van der Waals surface area contributed by atoms with Gasteiger partial charge in [0.15, 0.2) is 0 Å². The highest BCUT2D eigenvalue weighted by Crippen LogP contribution is 2.42. The third-order valence-corrected chi connectivity index (χ3v) is 9.17. The van der Waals surface area contributed by atoms with Gasteiger partial charge in [-0.25, -0.2) is 0 Å². The molecule has 0 bridgehead atoms. The summed E-state index contributed by atoms with van der Waals surface area (Å²) < 4.78 is 0. The summed E-state index contributed by atoms with van der Waals surface area (Å²) in [6.07, 6.45) is 10.4. The van der Waals surface area contributed by atoms with Crippen molar-refractivity contribution in [3.05, 3.63) is 144 Å². The number of unbranched alkanes of at least 4 members (excludes halogenated alkanes) is 7. The van der Waals surface area contributed by atoms with Crippen LogP contribution in [0.15, 0.2) is 121 Å². The van der Waals surface area contributed by atoms with Crippen LogP contribution in [0.5, 0.6) is 0 Å². The molecule has 0 aliphatic rings. The molecule has 0 aromatic heterocycles. The lowest BCUT2D eigenvalue weighted by molar-refractivity contribution is -0.139. The van der Waals surface area contributed by atoms with E-state index >= 15 is 0 Å². The maximum atomic E-state index is 12.1. The summed E-state index contributed by atoms with van der Waals surface area (Å²) in [4.78, 5) is 24.1. The van der Waals surface area contributed by atoms with Gasteiger partial charge in [-0.2, -0.15) is 0 Å². The van der Waals surface area contributed by atoms with Crippen LogP contribution in [0.3, 0.4) is 0 Å². The first-order chi connectivity index (χ1) is 21.5. The van der Waals surface area contributed by atoms with Gasteiger partial charge in [-0.3, -0.25) is 9.59 Å². The number of carboxylic acids is 2. The number of hydrogen-bond acceptors (Lipinski definition) is 2. The molecule has 230 valence electrons. The highest BCUT2D eigenvalue weighted by molar-refractivity contribution is 5.71. The molecule has 0 fully saturated rings. The molecule has 2 N–H and O–H groups in total. The van der Waals surface area contributed by atoms with Crippen LogP contribution in [0.25, 0.3) is 0 Å². The quantitative estimate of drug-likeness (QED) is 0.107. The Hall–Kier alpha value is -4.18. The monoisotopic (exact) mass is 590 g/mol. The molecule has 4 aromatic carbocycles. The fourth-order valence-corrected chi connectivity index (χ4v) is 6.95. The van der Waals surface area contributed by atoms with Crippen molar-refractivity contribution >= 4 is 11.9 Å². The summed E-state index contributed by atoms with van der Waals surface area (Å²) in [5.74, 6) is -1.55. The van der Waals surface area contributed by atoms with Crippen molar-refractivity contribution in [2.75, 3.05) is 0 Å². The van der Waals surface area contributed by atoms with Gasteiger partial charge in [0, 0.05) is 10.8 Å². The first-order valence-corrected chi connectivity index (χ1v) is 16.1. The molecule has 0 saturated carbocycles. The summed E-state index contributed by atoms with van der Waals surface area (Å²) in [5, 5.41) is 19.8. The molecule has 0 atom stereocenters. The molecule has 0 spiro atoms. The van der Waals surface area contributed by atoms with Crippen LogP contribution < -0.4 is 0 Å². The Kier molecular flexibility index (Phi) is 12.4. The second-order valence-electron chi connectivity index (χ2n) is 12.1. The van der Waals surface area contributed by atoms with E-state index in [2.05, 4.69) is 48.5 Å². The Morgan fingerprint density at radius 2 is 0.614 bits per heavy atom. The van der Waals surface area contributed by atoms with Gasteiger partial charge in [-0.1, -0.05) is 173 Å². The van der Waals surface area contributed by atoms with Gasteiger partial charge in [0.25, 0.3) is 0 Å². The van der Waals surface area contributed by atoms with E-state index in [0.29, 0.717) is 0 Å². The van der Waals surface area contributed by atoms with Gasteiger partial charge in [0.2, 0.25) is 0 Å². The molecule has 0 unspecified atom stereocenters. The van der Waals surface area contributed by atoms with Gasteiger partial charge >= 0.3 is 11.9 Å². The smallest absolute Gasteiger partial charge is 0.304 e. The lowest BCUT2D eigenvalue weighted by Gasteiger charge is -2.34. The summed E-state index contributed by atoms with van der Waals surface area (Å²) in [7, 11) is 0. The minimum atomic E-state index is -0.774. The van der Waals surface area contributed by atoms with E-state index in [4.69, 9.17) is 0 Å². The van der Waals surface area contributed by atoms with E-state index in [0.717, 1.165) is 86.5 Å². The predicted molar refractivity (Wildman–Crippen MR) is 178 cm³/mol. The topological polar surface area (TPSA) is 74.6 Å². The third-order valence-electron chi connectivity index (χ3n) is 9.17. The number of carboxylic acid groups (broad SMARTS) is 2. The Morgan fingerprint density at radius 3 is 0.841 bits per heavy atom. The zero-order chi connectivity index (χ0) is 31.1. The molecule has 0 amide bonds. The van der Waals surface area contributed by atoms with Crippen molar-refractivity contribution < 1.29 is 19.8 Å². The summed E-state index contributed by atoms with van der Waals surface area (Å²) in [6, 6.07) is 40.5. The predicted octanol–water partition coefficient (Wildman–Crippen LogP) is 9.81. The Morgan fingerprint density at radius 1 is 0.386 bits per heavy atom. The van der Waals surface area contributed by atoms with Crippen LogP contribution in [0, 0.1) is 0 Å². The largest absolute Gasteiger partial charge is 0.481 e. The van der Waals surface area contributed by atoms with E-state index in [1.165, 1.54) is 0 Å². The van der Waals surface area contributed by atoms with Gasteiger partial charge in [0.1, 0.15) is 0 Å². The number of hydrogen-bond donors (Lipinski definition) is 2. The van der Waals surface area contributed by atoms with Crippen molar-refractivity contribution in [2.24, 2.45) is 0 Å². The Labute approximate surface area is 262 Å². The molecule has 0 saturated heterocycles. The first-order valence-electron chi connectivity index (χ1n) is 16.1. The van der Waals surface area contributed by atoms with Crippen molar-refractivity contribution in [3.63, 3.8) is 0 Å². The van der Waals surface area contributed by atoms with Crippen LogP contribution >= 0.6 is 0 Å². The van der Waals surface area contributed by atoms with Crippen LogP contribution in [-0.2, 0) is 20.4 Å². The number of benzene rings is 4. The van der Waals surface area contributed by atoms with E-state index in [-0.39, 0.29) is 12.8 Å². The van der Waals surface area contributed by atoms with Gasteiger partial charge < -0.3 is 10.2 Å². The third kappa shape index (κ3) is 8.69. The van der Waals surface area contributed by atoms with Crippen LogP contribution in [0.4, 0.5) is 0 Å². The molecule has 0 heterocycles. The van der Waals surface area contributed by atoms with Crippen LogP contribution in [0.2, 0.25) is 0 Å².